The van der Waals surface area contributed by atoms with Gasteiger partial charge in [0.25, 0.3) is 0 Å². The highest BCUT2D eigenvalue weighted by Crippen LogP contribution is 2.07. The third-order valence-electron chi connectivity index (χ3n) is 2.70. The Morgan fingerprint density at radius 2 is 2.50 bits per heavy atom. The molecule has 0 bridgehead atoms. The largest absolute Gasteiger partial charge is 0.445 e. The van der Waals surface area contributed by atoms with Crippen molar-refractivity contribution < 1.29 is 9.21 Å². The van der Waals surface area contributed by atoms with Gasteiger partial charge in [0.1, 0.15) is 5.76 Å². The first kappa shape index (κ1) is 11.1. The topological polar surface area (TPSA) is 67.2 Å². The zero-order valence-corrected chi connectivity index (χ0v) is 9.45. The molecule has 1 saturated heterocycles. The van der Waals surface area contributed by atoms with Crippen LogP contribution in [0.4, 0.5) is 0 Å². The summed E-state index contributed by atoms with van der Waals surface area (Å²) in [6.45, 7) is 3.15. The van der Waals surface area contributed by atoms with Crippen molar-refractivity contribution in [3.8, 4) is 0 Å². The maximum atomic E-state index is 11.6. The molecule has 2 rings (SSSR count). The second kappa shape index (κ2) is 5.12. The summed E-state index contributed by atoms with van der Waals surface area (Å²) in [5.41, 5.74) is 0. The normalized spacial score (nSPS) is 21.6. The molecule has 1 atom stereocenters. The van der Waals surface area contributed by atoms with E-state index in [-0.39, 0.29) is 11.9 Å². The Morgan fingerprint density at radius 3 is 3.25 bits per heavy atom. The van der Waals surface area contributed by atoms with Crippen molar-refractivity contribution in [2.75, 3.05) is 6.54 Å². The Hall–Kier alpha value is -1.36. The molecule has 0 spiro atoms. The van der Waals surface area contributed by atoms with Gasteiger partial charge in [0.05, 0.1) is 18.8 Å². The molecule has 1 aliphatic rings. The number of carbonyl (C=O) groups is 1. The van der Waals surface area contributed by atoms with E-state index >= 15 is 0 Å². The first-order valence-electron chi connectivity index (χ1n) is 5.68. The van der Waals surface area contributed by atoms with Crippen LogP contribution in [0, 0.1) is 6.92 Å². The van der Waals surface area contributed by atoms with Crippen molar-refractivity contribution in [3.05, 3.63) is 17.8 Å². The van der Waals surface area contributed by atoms with Crippen molar-refractivity contribution in [1.82, 2.24) is 15.6 Å². The van der Waals surface area contributed by atoms with Crippen LogP contribution in [0.2, 0.25) is 0 Å². The van der Waals surface area contributed by atoms with Crippen LogP contribution >= 0.6 is 0 Å². The predicted molar refractivity (Wildman–Crippen MR) is 58.7 cm³/mol. The smallest absolute Gasteiger partial charge is 0.237 e. The van der Waals surface area contributed by atoms with Gasteiger partial charge in [0.2, 0.25) is 11.8 Å². The molecule has 88 valence electrons. The van der Waals surface area contributed by atoms with Gasteiger partial charge in [0.15, 0.2) is 0 Å². The number of aromatic nitrogens is 1. The number of nitrogens with zero attached hydrogens (tertiary/aromatic N) is 1. The number of aryl methyl sites for hydroxylation is 1. The molecule has 5 heteroatoms. The van der Waals surface area contributed by atoms with Gasteiger partial charge < -0.3 is 9.73 Å². The predicted octanol–water partition coefficient (Wildman–Crippen LogP) is 0.741. The van der Waals surface area contributed by atoms with E-state index < -0.39 is 0 Å². The maximum Gasteiger partial charge on any atom is 0.237 e. The van der Waals surface area contributed by atoms with Gasteiger partial charge >= 0.3 is 0 Å². The summed E-state index contributed by atoms with van der Waals surface area (Å²) in [6.07, 6.45) is 4.69. The van der Waals surface area contributed by atoms with Gasteiger partial charge in [-0.25, -0.2) is 4.98 Å². The summed E-state index contributed by atoms with van der Waals surface area (Å²) in [5, 5.41) is 6.06. The molecular weight excluding hydrogens is 206 g/mol. The van der Waals surface area contributed by atoms with Crippen molar-refractivity contribution >= 4 is 5.91 Å². The molecule has 1 amide bonds. The summed E-state index contributed by atoms with van der Waals surface area (Å²) < 4.78 is 5.34. The van der Waals surface area contributed by atoms with Crippen molar-refractivity contribution in [2.45, 2.75) is 38.8 Å². The van der Waals surface area contributed by atoms with Gasteiger partial charge in [-0.15, -0.1) is 0 Å². The van der Waals surface area contributed by atoms with Crippen molar-refractivity contribution in [3.63, 3.8) is 0 Å². The van der Waals surface area contributed by atoms with E-state index in [0.717, 1.165) is 31.6 Å². The number of hydrogen-bond acceptors (Lipinski definition) is 4. The fraction of sp³-hybridized carbons (Fsp3) is 0.636. The first-order valence-corrected chi connectivity index (χ1v) is 5.68. The Labute approximate surface area is 94.6 Å². The minimum Gasteiger partial charge on any atom is -0.445 e. The Kier molecular flexibility index (Phi) is 3.56. The molecule has 1 unspecified atom stereocenters. The average molecular weight is 223 g/mol. The number of oxazole rings is 1. The van der Waals surface area contributed by atoms with Crippen LogP contribution in [0.25, 0.3) is 0 Å². The number of carbonyl (C=O) groups excluding carboxylic acids is 1. The fourth-order valence-electron chi connectivity index (χ4n) is 1.83. The maximum absolute atomic E-state index is 11.6. The molecule has 1 aromatic heterocycles. The first-order chi connectivity index (χ1) is 7.75. The molecule has 1 aliphatic heterocycles. The van der Waals surface area contributed by atoms with Crippen LogP contribution in [-0.2, 0) is 11.3 Å². The third-order valence-corrected chi connectivity index (χ3v) is 2.70. The summed E-state index contributed by atoms with van der Waals surface area (Å²) in [5.74, 6) is 1.51. The SMILES string of the molecule is Cc1cnc(CNC2CCCCNC2=O)o1. The molecule has 2 N–H and O–H groups in total. The quantitative estimate of drug-likeness (QED) is 0.793. The van der Waals surface area contributed by atoms with Gasteiger partial charge in [-0.3, -0.25) is 10.1 Å². The zero-order valence-electron chi connectivity index (χ0n) is 9.45. The molecule has 0 radical (unpaired) electrons. The molecule has 2 heterocycles. The van der Waals surface area contributed by atoms with E-state index in [0.29, 0.717) is 12.4 Å². The van der Waals surface area contributed by atoms with Crippen LogP contribution in [0.15, 0.2) is 10.6 Å². The standard InChI is InChI=1S/C11H17N3O2/c1-8-6-14-10(16-8)7-13-9-4-2-3-5-12-11(9)15/h6,9,13H,2-5,7H2,1H3,(H,12,15). The molecule has 5 nitrogen and oxygen atoms in total. The minimum atomic E-state index is -0.116. The van der Waals surface area contributed by atoms with E-state index in [1.807, 2.05) is 6.92 Å². The van der Waals surface area contributed by atoms with E-state index in [2.05, 4.69) is 15.6 Å². The molecular formula is C11H17N3O2. The molecule has 1 fully saturated rings. The highest BCUT2D eigenvalue weighted by Gasteiger charge is 2.20. The summed E-state index contributed by atoms with van der Waals surface area (Å²) in [7, 11) is 0. The molecule has 1 aromatic rings. The summed E-state index contributed by atoms with van der Waals surface area (Å²) in [6, 6.07) is -0.116. The lowest BCUT2D eigenvalue weighted by Gasteiger charge is -2.13. The third kappa shape index (κ3) is 2.82. The Bertz CT molecular complexity index is 362. The highest BCUT2D eigenvalue weighted by atomic mass is 16.4. The average Bonchev–Trinajstić information content (AvgIpc) is 2.56. The fourth-order valence-corrected chi connectivity index (χ4v) is 1.83. The number of rotatable bonds is 3. The lowest BCUT2D eigenvalue weighted by Crippen LogP contribution is -2.42. The van der Waals surface area contributed by atoms with Crippen LogP contribution in [-0.4, -0.2) is 23.5 Å². The number of nitrogens with one attached hydrogen (secondary N) is 2. The van der Waals surface area contributed by atoms with E-state index in [1.165, 1.54) is 0 Å². The molecule has 0 saturated carbocycles. The molecule has 16 heavy (non-hydrogen) atoms. The van der Waals surface area contributed by atoms with Gasteiger partial charge in [-0.1, -0.05) is 0 Å². The van der Waals surface area contributed by atoms with Crippen LogP contribution in [0.1, 0.15) is 30.9 Å². The van der Waals surface area contributed by atoms with Crippen molar-refractivity contribution in [2.24, 2.45) is 0 Å². The van der Waals surface area contributed by atoms with Gasteiger partial charge in [0, 0.05) is 6.54 Å². The minimum absolute atomic E-state index is 0.0841. The van der Waals surface area contributed by atoms with Crippen molar-refractivity contribution in [1.29, 1.82) is 0 Å². The Balaban J connectivity index is 1.86. The van der Waals surface area contributed by atoms with E-state index in [1.54, 1.807) is 6.20 Å². The highest BCUT2D eigenvalue weighted by molar-refractivity contribution is 5.81. The monoisotopic (exact) mass is 223 g/mol. The van der Waals surface area contributed by atoms with E-state index in [9.17, 15) is 4.79 Å². The molecule has 0 aliphatic carbocycles. The van der Waals surface area contributed by atoms with Crippen LogP contribution < -0.4 is 10.6 Å². The van der Waals surface area contributed by atoms with Crippen LogP contribution in [0.3, 0.4) is 0 Å². The second-order valence-corrected chi connectivity index (χ2v) is 4.08. The lowest BCUT2D eigenvalue weighted by atomic mass is 10.1. The number of hydrogen-bond donors (Lipinski definition) is 2. The number of amides is 1. The summed E-state index contributed by atoms with van der Waals surface area (Å²) in [4.78, 5) is 15.7. The van der Waals surface area contributed by atoms with Gasteiger partial charge in [-0.2, -0.15) is 0 Å². The Morgan fingerprint density at radius 1 is 1.62 bits per heavy atom. The van der Waals surface area contributed by atoms with Crippen LogP contribution in [0.5, 0.6) is 0 Å². The van der Waals surface area contributed by atoms with Gasteiger partial charge in [-0.05, 0) is 26.2 Å². The second-order valence-electron chi connectivity index (χ2n) is 4.08. The van der Waals surface area contributed by atoms with E-state index in [4.69, 9.17) is 4.42 Å². The summed E-state index contributed by atoms with van der Waals surface area (Å²) >= 11 is 0. The zero-order chi connectivity index (χ0) is 11.4. The molecule has 0 aromatic carbocycles. The lowest BCUT2D eigenvalue weighted by molar-refractivity contribution is -0.122.